The number of aryl methyl sites for hydroxylation is 1. The van der Waals surface area contributed by atoms with Gasteiger partial charge in [-0.1, -0.05) is 18.2 Å². The summed E-state index contributed by atoms with van der Waals surface area (Å²) in [5.41, 5.74) is 4.31. The van der Waals surface area contributed by atoms with Crippen LogP contribution in [0.5, 0.6) is 0 Å². The molecule has 3 aliphatic heterocycles. The molecular formula is C24H27N5O2. The summed E-state index contributed by atoms with van der Waals surface area (Å²) in [5.74, 6) is 0.593. The lowest BCUT2D eigenvalue weighted by atomic mass is 9.76. The first kappa shape index (κ1) is 18.8. The van der Waals surface area contributed by atoms with Crippen molar-refractivity contribution in [2.45, 2.75) is 31.2 Å². The highest BCUT2D eigenvalue weighted by Crippen LogP contribution is 2.43. The Morgan fingerprint density at radius 2 is 2.16 bits per heavy atom. The third kappa shape index (κ3) is 3.28. The zero-order valence-electron chi connectivity index (χ0n) is 17.6. The zero-order chi connectivity index (χ0) is 20.8. The minimum absolute atomic E-state index is 0.0478. The second-order valence-corrected chi connectivity index (χ2v) is 9.19. The van der Waals surface area contributed by atoms with E-state index >= 15 is 0 Å². The topological polar surface area (TPSA) is 72.3 Å². The molecule has 1 spiro atoms. The zero-order valence-corrected chi connectivity index (χ0v) is 17.6. The number of aromatic nitrogens is 3. The quantitative estimate of drug-likeness (QED) is 0.708. The van der Waals surface area contributed by atoms with Crippen molar-refractivity contribution in [2.75, 3.05) is 32.8 Å². The molecule has 3 aromatic rings. The first-order valence-corrected chi connectivity index (χ1v) is 11.2. The predicted octanol–water partition coefficient (Wildman–Crippen LogP) is 3.19. The fraction of sp³-hybridized carbons (Fsp3) is 0.458. The molecule has 6 rings (SSSR count). The number of carbonyl (C=O) groups is 1. The van der Waals surface area contributed by atoms with Gasteiger partial charge in [-0.3, -0.25) is 9.67 Å². The van der Waals surface area contributed by atoms with Gasteiger partial charge in [0.25, 0.3) is 0 Å². The molecule has 3 aliphatic rings. The van der Waals surface area contributed by atoms with Gasteiger partial charge in [-0.05, 0) is 43.4 Å². The summed E-state index contributed by atoms with van der Waals surface area (Å²) in [6.45, 7) is 4.87. The van der Waals surface area contributed by atoms with Gasteiger partial charge in [-0.15, -0.1) is 0 Å². The standard InChI is InChI=1S/C24H27N5O2/c30-23(25-8-5-17-6-10-31-14-17)28-15-24(16-28)7-9-29-22(24)12-21(27-29)19-11-18-3-1-2-4-20(18)26-13-19/h1-4,11-13,17H,5-10,14-16H2,(H,25,30). The lowest BCUT2D eigenvalue weighted by molar-refractivity contribution is 0.0919. The molecule has 31 heavy (non-hydrogen) atoms. The summed E-state index contributed by atoms with van der Waals surface area (Å²) in [7, 11) is 0. The number of fused-ring (bicyclic) bond motifs is 3. The summed E-state index contributed by atoms with van der Waals surface area (Å²) in [6.07, 6.45) is 5.07. The van der Waals surface area contributed by atoms with Gasteiger partial charge in [0.1, 0.15) is 0 Å². The van der Waals surface area contributed by atoms with Crippen LogP contribution in [0.1, 0.15) is 25.0 Å². The van der Waals surface area contributed by atoms with E-state index in [0.717, 1.165) is 80.8 Å². The van der Waals surface area contributed by atoms with Crippen LogP contribution in [-0.4, -0.2) is 58.5 Å². The van der Waals surface area contributed by atoms with Gasteiger partial charge >= 0.3 is 6.03 Å². The van der Waals surface area contributed by atoms with Crippen LogP contribution in [0, 0.1) is 5.92 Å². The Morgan fingerprint density at radius 1 is 1.26 bits per heavy atom. The molecule has 7 heteroatoms. The molecule has 0 aliphatic carbocycles. The van der Waals surface area contributed by atoms with E-state index in [9.17, 15) is 4.79 Å². The number of benzene rings is 1. The van der Waals surface area contributed by atoms with Crippen molar-refractivity contribution >= 4 is 16.9 Å². The lowest BCUT2D eigenvalue weighted by Gasteiger charge is -2.47. The highest BCUT2D eigenvalue weighted by Gasteiger charge is 2.51. The highest BCUT2D eigenvalue weighted by atomic mass is 16.5. The van der Waals surface area contributed by atoms with Crippen LogP contribution in [0.25, 0.3) is 22.2 Å². The average molecular weight is 418 g/mol. The largest absolute Gasteiger partial charge is 0.381 e. The summed E-state index contributed by atoms with van der Waals surface area (Å²) < 4.78 is 7.54. The average Bonchev–Trinajstić information content (AvgIpc) is 3.49. The number of ether oxygens (including phenoxy) is 1. The summed E-state index contributed by atoms with van der Waals surface area (Å²) in [6, 6.07) is 12.6. The van der Waals surface area contributed by atoms with Crippen molar-refractivity contribution in [1.29, 1.82) is 0 Å². The number of para-hydroxylation sites is 1. The molecule has 0 radical (unpaired) electrons. The van der Waals surface area contributed by atoms with Crippen LogP contribution in [-0.2, 0) is 16.7 Å². The van der Waals surface area contributed by atoms with E-state index < -0.39 is 0 Å². The summed E-state index contributed by atoms with van der Waals surface area (Å²) >= 11 is 0. The maximum absolute atomic E-state index is 12.6. The fourth-order valence-electron chi connectivity index (χ4n) is 5.27. The van der Waals surface area contributed by atoms with E-state index in [0.29, 0.717) is 5.92 Å². The molecule has 2 saturated heterocycles. The van der Waals surface area contributed by atoms with Crippen LogP contribution in [0.15, 0.2) is 42.6 Å². The molecule has 2 amide bonds. The second-order valence-electron chi connectivity index (χ2n) is 9.19. The van der Waals surface area contributed by atoms with E-state index in [2.05, 4.69) is 33.2 Å². The summed E-state index contributed by atoms with van der Waals surface area (Å²) in [4.78, 5) is 19.1. The molecule has 1 N–H and O–H groups in total. The molecule has 7 nitrogen and oxygen atoms in total. The second kappa shape index (κ2) is 7.34. The Hall–Kier alpha value is -2.93. The van der Waals surface area contributed by atoms with Gasteiger partial charge in [-0.2, -0.15) is 5.10 Å². The number of likely N-dealkylation sites (tertiary alicyclic amines) is 1. The normalized spacial score (nSPS) is 21.4. The number of carbonyl (C=O) groups excluding carboxylic acids is 1. The van der Waals surface area contributed by atoms with Crippen molar-refractivity contribution in [2.24, 2.45) is 5.92 Å². The van der Waals surface area contributed by atoms with Gasteiger partial charge in [0.15, 0.2) is 0 Å². The third-order valence-corrected chi connectivity index (χ3v) is 7.14. The number of nitrogens with zero attached hydrogens (tertiary/aromatic N) is 4. The van der Waals surface area contributed by atoms with Crippen molar-refractivity contribution in [1.82, 2.24) is 25.0 Å². The van der Waals surface area contributed by atoms with E-state index in [1.54, 1.807) is 0 Å². The Bertz CT molecular complexity index is 1130. The van der Waals surface area contributed by atoms with Crippen LogP contribution in [0.4, 0.5) is 4.79 Å². The summed E-state index contributed by atoms with van der Waals surface area (Å²) in [5, 5.41) is 9.07. The Balaban J connectivity index is 1.12. The number of amides is 2. The van der Waals surface area contributed by atoms with Crippen molar-refractivity contribution in [3.63, 3.8) is 0 Å². The van der Waals surface area contributed by atoms with Crippen molar-refractivity contribution in [3.8, 4) is 11.3 Å². The van der Waals surface area contributed by atoms with Gasteiger partial charge in [0.2, 0.25) is 0 Å². The molecule has 0 bridgehead atoms. The van der Waals surface area contributed by atoms with Crippen LogP contribution in [0.3, 0.4) is 0 Å². The molecule has 1 atom stereocenters. The molecular weight excluding hydrogens is 390 g/mol. The van der Waals surface area contributed by atoms with Gasteiger partial charge < -0.3 is 15.0 Å². The molecule has 2 aromatic heterocycles. The van der Waals surface area contributed by atoms with Gasteiger partial charge in [-0.25, -0.2) is 4.79 Å². The van der Waals surface area contributed by atoms with Gasteiger partial charge in [0, 0.05) is 67.6 Å². The first-order chi connectivity index (χ1) is 15.2. The van der Waals surface area contributed by atoms with Crippen LogP contribution < -0.4 is 5.32 Å². The molecule has 1 unspecified atom stereocenters. The number of hydrogen-bond acceptors (Lipinski definition) is 4. The van der Waals surface area contributed by atoms with E-state index in [1.807, 2.05) is 29.3 Å². The molecule has 1 aromatic carbocycles. The van der Waals surface area contributed by atoms with E-state index in [4.69, 9.17) is 9.84 Å². The Labute approximate surface area is 181 Å². The molecule has 2 fully saturated rings. The maximum Gasteiger partial charge on any atom is 0.317 e. The number of nitrogens with one attached hydrogen (secondary N) is 1. The van der Waals surface area contributed by atoms with Crippen molar-refractivity contribution < 1.29 is 9.53 Å². The molecule has 0 saturated carbocycles. The first-order valence-electron chi connectivity index (χ1n) is 11.2. The number of urea groups is 1. The minimum atomic E-state index is 0.0478. The van der Waals surface area contributed by atoms with Crippen LogP contribution in [0.2, 0.25) is 0 Å². The lowest BCUT2D eigenvalue weighted by Crippen LogP contribution is -2.62. The predicted molar refractivity (Wildman–Crippen MR) is 118 cm³/mol. The highest BCUT2D eigenvalue weighted by molar-refractivity contribution is 5.83. The number of pyridine rings is 1. The number of rotatable bonds is 4. The minimum Gasteiger partial charge on any atom is -0.381 e. The SMILES string of the molecule is O=C(NCCC1CCOC1)N1CC2(CCn3nc(-c4cnc5ccccc5c4)cc32)C1. The number of hydrogen-bond donors (Lipinski definition) is 1. The Morgan fingerprint density at radius 3 is 3.03 bits per heavy atom. The smallest absolute Gasteiger partial charge is 0.317 e. The van der Waals surface area contributed by atoms with E-state index in [1.165, 1.54) is 5.69 Å². The van der Waals surface area contributed by atoms with Crippen LogP contribution >= 0.6 is 0 Å². The van der Waals surface area contributed by atoms with Crippen molar-refractivity contribution in [3.05, 3.63) is 48.3 Å². The fourth-order valence-corrected chi connectivity index (χ4v) is 5.27. The molecule has 160 valence electrons. The van der Waals surface area contributed by atoms with E-state index in [-0.39, 0.29) is 11.4 Å². The Kier molecular flexibility index (Phi) is 4.45. The van der Waals surface area contributed by atoms with Gasteiger partial charge in [0.05, 0.1) is 11.2 Å². The third-order valence-electron chi connectivity index (χ3n) is 7.14. The monoisotopic (exact) mass is 417 g/mol. The molecule has 5 heterocycles. The maximum atomic E-state index is 12.6.